The second-order valence-corrected chi connectivity index (χ2v) is 3.36. The van der Waals surface area contributed by atoms with Crippen LogP contribution in [-0.2, 0) is 9.53 Å². The summed E-state index contributed by atoms with van der Waals surface area (Å²) >= 11 is 0. The van der Waals surface area contributed by atoms with E-state index in [1.807, 2.05) is 0 Å². The Balaban J connectivity index is 3.02. The SMILES string of the molecule is CCCC(C)CCCCOC=O. The lowest BCUT2D eigenvalue weighted by Crippen LogP contribution is -1.96. The van der Waals surface area contributed by atoms with Crippen LogP contribution >= 0.6 is 0 Å². The third kappa shape index (κ3) is 7.58. The first-order valence-electron chi connectivity index (χ1n) is 4.86. The molecule has 0 bridgehead atoms. The zero-order valence-corrected chi connectivity index (χ0v) is 8.21. The van der Waals surface area contributed by atoms with Crippen LogP contribution in [0.4, 0.5) is 0 Å². The van der Waals surface area contributed by atoms with Crippen molar-refractivity contribution in [3.63, 3.8) is 0 Å². The Morgan fingerprint density at radius 3 is 2.67 bits per heavy atom. The molecule has 1 unspecified atom stereocenters. The Morgan fingerprint density at radius 2 is 2.08 bits per heavy atom. The molecule has 0 aromatic rings. The van der Waals surface area contributed by atoms with Crippen LogP contribution in [-0.4, -0.2) is 13.1 Å². The van der Waals surface area contributed by atoms with Gasteiger partial charge >= 0.3 is 0 Å². The molecule has 0 saturated heterocycles. The van der Waals surface area contributed by atoms with Gasteiger partial charge in [-0.15, -0.1) is 0 Å². The summed E-state index contributed by atoms with van der Waals surface area (Å²) in [7, 11) is 0. The summed E-state index contributed by atoms with van der Waals surface area (Å²) in [5.41, 5.74) is 0. The molecular formula is C10H20O2. The minimum Gasteiger partial charge on any atom is -0.468 e. The fraction of sp³-hybridized carbons (Fsp3) is 0.900. The maximum absolute atomic E-state index is 9.78. The van der Waals surface area contributed by atoms with E-state index >= 15 is 0 Å². The third-order valence-electron chi connectivity index (χ3n) is 2.06. The average Bonchev–Trinajstić information content (AvgIpc) is 2.05. The van der Waals surface area contributed by atoms with Gasteiger partial charge in [0.2, 0.25) is 0 Å². The van der Waals surface area contributed by atoms with E-state index in [-0.39, 0.29) is 0 Å². The molecule has 12 heavy (non-hydrogen) atoms. The molecule has 0 N–H and O–H groups in total. The normalized spacial score (nSPS) is 12.5. The van der Waals surface area contributed by atoms with Gasteiger partial charge in [0.1, 0.15) is 0 Å². The van der Waals surface area contributed by atoms with Crippen molar-refractivity contribution in [1.29, 1.82) is 0 Å². The fourth-order valence-corrected chi connectivity index (χ4v) is 1.36. The van der Waals surface area contributed by atoms with Crippen LogP contribution in [0.2, 0.25) is 0 Å². The van der Waals surface area contributed by atoms with Gasteiger partial charge in [0.25, 0.3) is 6.47 Å². The molecular weight excluding hydrogens is 152 g/mol. The van der Waals surface area contributed by atoms with Gasteiger partial charge in [0, 0.05) is 0 Å². The molecule has 0 heterocycles. The first kappa shape index (κ1) is 11.5. The van der Waals surface area contributed by atoms with E-state index in [0.29, 0.717) is 13.1 Å². The fourth-order valence-electron chi connectivity index (χ4n) is 1.36. The van der Waals surface area contributed by atoms with Gasteiger partial charge in [-0.05, 0) is 18.8 Å². The Kier molecular flexibility index (Phi) is 8.19. The van der Waals surface area contributed by atoms with Crippen LogP contribution < -0.4 is 0 Å². The second kappa shape index (κ2) is 8.57. The van der Waals surface area contributed by atoms with Crippen LogP contribution in [0.15, 0.2) is 0 Å². The first-order chi connectivity index (χ1) is 5.81. The van der Waals surface area contributed by atoms with Crippen LogP contribution in [0, 0.1) is 5.92 Å². The van der Waals surface area contributed by atoms with Crippen molar-refractivity contribution in [3.8, 4) is 0 Å². The average molecular weight is 172 g/mol. The van der Waals surface area contributed by atoms with E-state index in [9.17, 15) is 4.79 Å². The van der Waals surface area contributed by atoms with E-state index in [2.05, 4.69) is 18.6 Å². The minimum atomic E-state index is 0.523. The number of unbranched alkanes of at least 4 members (excludes halogenated alkanes) is 1. The lowest BCUT2D eigenvalue weighted by molar-refractivity contribution is -0.128. The van der Waals surface area contributed by atoms with Gasteiger partial charge in [0.15, 0.2) is 0 Å². The molecule has 0 spiro atoms. The Hall–Kier alpha value is -0.530. The zero-order valence-electron chi connectivity index (χ0n) is 8.21. The Labute approximate surface area is 75.3 Å². The van der Waals surface area contributed by atoms with Gasteiger partial charge < -0.3 is 4.74 Å². The van der Waals surface area contributed by atoms with Crippen LogP contribution in [0.1, 0.15) is 46.0 Å². The largest absolute Gasteiger partial charge is 0.468 e. The maximum atomic E-state index is 9.78. The smallest absolute Gasteiger partial charge is 0.293 e. The predicted octanol–water partition coefficient (Wildman–Crippen LogP) is 2.77. The van der Waals surface area contributed by atoms with Gasteiger partial charge in [-0.25, -0.2) is 0 Å². The summed E-state index contributed by atoms with van der Waals surface area (Å²) in [6.45, 7) is 5.61. The molecule has 0 aliphatic carbocycles. The van der Waals surface area contributed by atoms with E-state index in [1.165, 1.54) is 25.7 Å². The van der Waals surface area contributed by atoms with Crippen molar-refractivity contribution in [1.82, 2.24) is 0 Å². The summed E-state index contributed by atoms with van der Waals surface area (Å²) in [5.74, 6) is 0.825. The highest BCUT2D eigenvalue weighted by atomic mass is 16.5. The monoisotopic (exact) mass is 172 g/mol. The summed E-state index contributed by atoms with van der Waals surface area (Å²) in [6, 6.07) is 0. The van der Waals surface area contributed by atoms with Crippen molar-refractivity contribution >= 4 is 6.47 Å². The lowest BCUT2D eigenvalue weighted by Gasteiger charge is -2.08. The highest BCUT2D eigenvalue weighted by molar-refractivity contribution is 5.36. The molecule has 0 aromatic carbocycles. The molecule has 0 radical (unpaired) electrons. The molecule has 1 atom stereocenters. The zero-order chi connectivity index (χ0) is 9.23. The van der Waals surface area contributed by atoms with E-state index in [4.69, 9.17) is 0 Å². The summed E-state index contributed by atoms with van der Waals surface area (Å²) in [4.78, 5) is 9.78. The van der Waals surface area contributed by atoms with E-state index < -0.39 is 0 Å². The summed E-state index contributed by atoms with van der Waals surface area (Å²) in [5, 5.41) is 0. The topological polar surface area (TPSA) is 26.3 Å². The molecule has 0 amide bonds. The van der Waals surface area contributed by atoms with Gasteiger partial charge in [-0.2, -0.15) is 0 Å². The quantitative estimate of drug-likeness (QED) is 0.415. The van der Waals surface area contributed by atoms with Crippen molar-refractivity contribution in [2.45, 2.75) is 46.0 Å². The molecule has 0 aliphatic heterocycles. The van der Waals surface area contributed by atoms with Crippen LogP contribution in [0.3, 0.4) is 0 Å². The summed E-state index contributed by atoms with van der Waals surface area (Å²) in [6.07, 6.45) is 6.03. The van der Waals surface area contributed by atoms with Crippen molar-refractivity contribution in [2.75, 3.05) is 6.61 Å². The minimum absolute atomic E-state index is 0.523. The first-order valence-corrected chi connectivity index (χ1v) is 4.86. The van der Waals surface area contributed by atoms with Crippen LogP contribution in [0.5, 0.6) is 0 Å². The number of rotatable bonds is 8. The highest BCUT2D eigenvalue weighted by Gasteiger charge is 1.99. The molecule has 2 heteroatoms. The predicted molar refractivity (Wildman–Crippen MR) is 49.9 cm³/mol. The molecule has 0 aromatic heterocycles. The number of carbonyl (C=O) groups excluding carboxylic acids is 1. The number of hydrogen-bond acceptors (Lipinski definition) is 2. The molecule has 0 aliphatic rings. The van der Waals surface area contributed by atoms with E-state index in [1.54, 1.807) is 0 Å². The molecule has 2 nitrogen and oxygen atoms in total. The second-order valence-electron chi connectivity index (χ2n) is 3.36. The van der Waals surface area contributed by atoms with Gasteiger partial charge in [0.05, 0.1) is 6.61 Å². The Morgan fingerprint density at radius 1 is 1.33 bits per heavy atom. The van der Waals surface area contributed by atoms with Crippen molar-refractivity contribution < 1.29 is 9.53 Å². The molecule has 0 rings (SSSR count). The molecule has 0 saturated carbocycles. The van der Waals surface area contributed by atoms with Gasteiger partial charge in [-0.1, -0.05) is 33.1 Å². The number of hydrogen-bond donors (Lipinski definition) is 0. The Bertz CT molecular complexity index is 102. The summed E-state index contributed by atoms with van der Waals surface area (Å²) < 4.78 is 4.59. The highest BCUT2D eigenvalue weighted by Crippen LogP contribution is 2.13. The van der Waals surface area contributed by atoms with Crippen molar-refractivity contribution in [3.05, 3.63) is 0 Å². The lowest BCUT2D eigenvalue weighted by atomic mass is 9.99. The van der Waals surface area contributed by atoms with Gasteiger partial charge in [-0.3, -0.25) is 4.79 Å². The number of carbonyl (C=O) groups is 1. The molecule has 0 fully saturated rings. The maximum Gasteiger partial charge on any atom is 0.293 e. The standard InChI is InChI=1S/C10H20O2/c1-3-6-10(2)7-4-5-8-12-9-11/h9-10H,3-8H2,1-2H3. The number of ether oxygens (including phenoxy) is 1. The van der Waals surface area contributed by atoms with Crippen LogP contribution in [0.25, 0.3) is 0 Å². The van der Waals surface area contributed by atoms with Crippen molar-refractivity contribution in [2.24, 2.45) is 5.92 Å². The molecule has 72 valence electrons. The van der Waals surface area contributed by atoms with E-state index in [0.717, 1.165) is 12.3 Å². The third-order valence-corrected chi connectivity index (χ3v) is 2.06.